The van der Waals surface area contributed by atoms with Gasteiger partial charge in [0.1, 0.15) is 8.07 Å². The Labute approximate surface area is 296 Å². The van der Waals surface area contributed by atoms with E-state index in [1.165, 1.54) is 58.4 Å². The zero-order valence-electron chi connectivity index (χ0n) is 27.8. The molecule has 1 aliphatic heterocycles. The molecule has 9 aromatic rings. The standard InChI is InChI=1S/C46H32N2SSi/c1-50(2)41-21-9-7-19-36(41)43-42(50)25-23-37-44(33-22-24-40-38(28-33)35-18-6-8-20-39(35)49-40)47-46(48-45(37)43)34-17-11-16-32(27-34)31-15-10-14-30(26-31)29-12-4-3-5-13-29/h3-28H,1-2H3. The van der Waals surface area contributed by atoms with Crippen molar-refractivity contribution in [3.63, 3.8) is 0 Å². The Hall–Kier alpha value is -5.68. The van der Waals surface area contributed by atoms with Crippen molar-refractivity contribution in [2.45, 2.75) is 13.1 Å². The minimum atomic E-state index is -1.90. The zero-order valence-corrected chi connectivity index (χ0v) is 29.6. The third-order valence-corrected chi connectivity index (χ3v) is 15.2. The molecule has 0 unspecified atom stereocenters. The molecule has 0 aliphatic carbocycles. The van der Waals surface area contributed by atoms with E-state index in [1.807, 2.05) is 11.3 Å². The lowest BCUT2D eigenvalue weighted by Crippen LogP contribution is -2.49. The second kappa shape index (κ2) is 11.2. The molecule has 0 saturated carbocycles. The van der Waals surface area contributed by atoms with Gasteiger partial charge < -0.3 is 0 Å². The van der Waals surface area contributed by atoms with Crippen molar-refractivity contribution in [3.8, 4) is 56.0 Å². The summed E-state index contributed by atoms with van der Waals surface area (Å²) in [6.45, 7) is 4.93. The van der Waals surface area contributed by atoms with E-state index in [4.69, 9.17) is 9.97 Å². The minimum absolute atomic E-state index is 0.751. The summed E-state index contributed by atoms with van der Waals surface area (Å²) in [7, 11) is -1.90. The molecule has 0 N–H and O–H groups in total. The van der Waals surface area contributed by atoms with Gasteiger partial charge >= 0.3 is 0 Å². The van der Waals surface area contributed by atoms with E-state index in [-0.39, 0.29) is 0 Å². The van der Waals surface area contributed by atoms with Crippen LogP contribution in [0.15, 0.2) is 158 Å². The third-order valence-electron chi connectivity index (χ3n) is 10.5. The number of aromatic nitrogens is 2. The lowest BCUT2D eigenvalue weighted by molar-refractivity contribution is 1.23. The van der Waals surface area contributed by atoms with E-state index in [2.05, 4.69) is 171 Å². The molecule has 4 heteroatoms. The van der Waals surface area contributed by atoms with Gasteiger partial charge in [-0.25, -0.2) is 9.97 Å². The first kappa shape index (κ1) is 29.3. The van der Waals surface area contributed by atoms with Crippen LogP contribution >= 0.6 is 11.3 Å². The number of hydrogen-bond acceptors (Lipinski definition) is 3. The summed E-state index contributed by atoms with van der Waals surface area (Å²) >= 11 is 1.85. The average molecular weight is 673 g/mol. The van der Waals surface area contributed by atoms with E-state index in [0.29, 0.717) is 0 Å². The van der Waals surface area contributed by atoms with E-state index in [0.717, 1.165) is 39.1 Å². The fraction of sp³-hybridized carbons (Fsp3) is 0.0435. The Bertz CT molecular complexity index is 2800. The van der Waals surface area contributed by atoms with Crippen LogP contribution in [0.3, 0.4) is 0 Å². The molecule has 0 spiro atoms. The normalized spacial score (nSPS) is 13.2. The highest BCUT2D eigenvalue weighted by molar-refractivity contribution is 7.25. The van der Waals surface area contributed by atoms with Crippen LogP contribution in [0.25, 0.3) is 87.1 Å². The zero-order chi connectivity index (χ0) is 33.4. The topological polar surface area (TPSA) is 25.8 Å². The fourth-order valence-corrected chi connectivity index (χ4v) is 12.1. The van der Waals surface area contributed by atoms with E-state index < -0.39 is 8.07 Å². The van der Waals surface area contributed by atoms with Crippen LogP contribution in [0, 0.1) is 0 Å². The van der Waals surface area contributed by atoms with Crippen molar-refractivity contribution >= 4 is 60.9 Å². The maximum absolute atomic E-state index is 5.48. The molecule has 0 fully saturated rings. The summed E-state index contributed by atoms with van der Waals surface area (Å²) in [5, 5.41) is 6.60. The predicted octanol–water partition coefficient (Wildman–Crippen LogP) is 11.5. The van der Waals surface area contributed by atoms with Crippen molar-refractivity contribution in [3.05, 3.63) is 158 Å². The molecule has 50 heavy (non-hydrogen) atoms. The largest absolute Gasteiger partial charge is 0.227 e. The molecule has 1 aliphatic rings. The molecule has 0 amide bonds. The molecule has 236 valence electrons. The summed E-state index contributed by atoms with van der Waals surface area (Å²) in [6, 6.07) is 57.3. The van der Waals surface area contributed by atoms with Crippen LogP contribution < -0.4 is 10.4 Å². The second-order valence-electron chi connectivity index (χ2n) is 13.8. The van der Waals surface area contributed by atoms with Gasteiger partial charge in [-0.15, -0.1) is 11.3 Å². The quantitative estimate of drug-likeness (QED) is 0.174. The van der Waals surface area contributed by atoms with Crippen LogP contribution in [-0.2, 0) is 0 Å². The van der Waals surface area contributed by atoms with Gasteiger partial charge in [-0.1, -0.05) is 140 Å². The Morgan fingerprint density at radius 1 is 0.440 bits per heavy atom. The summed E-state index contributed by atoms with van der Waals surface area (Å²) < 4.78 is 2.60. The molecular weight excluding hydrogens is 641 g/mol. The maximum atomic E-state index is 5.48. The van der Waals surface area contributed by atoms with Crippen molar-refractivity contribution in [2.24, 2.45) is 0 Å². The Kier molecular flexibility index (Phi) is 6.54. The molecule has 3 heterocycles. The molecule has 0 bridgehead atoms. The number of hydrogen-bond donors (Lipinski definition) is 0. The van der Waals surface area contributed by atoms with E-state index in [1.54, 1.807) is 0 Å². The highest BCUT2D eigenvalue weighted by Gasteiger charge is 2.38. The minimum Gasteiger partial charge on any atom is -0.227 e. The Balaban J connectivity index is 1.21. The van der Waals surface area contributed by atoms with Crippen LogP contribution in [0.4, 0.5) is 0 Å². The third kappa shape index (κ3) is 4.53. The fourth-order valence-electron chi connectivity index (χ4n) is 7.95. The molecule has 2 aromatic heterocycles. The van der Waals surface area contributed by atoms with Crippen LogP contribution in [0.1, 0.15) is 0 Å². The van der Waals surface area contributed by atoms with Crippen molar-refractivity contribution < 1.29 is 0 Å². The molecule has 0 atom stereocenters. The maximum Gasteiger partial charge on any atom is 0.160 e. The Morgan fingerprint density at radius 2 is 1.10 bits per heavy atom. The summed E-state index contributed by atoms with van der Waals surface area (Å²) in [5.41, 5.74) is 11.5. The highest BCUT2D eigenvalue weighted by Crippen LogP contribution is 2.41. The lowest BCUT2D eigenvalue weighted by Gasteiger charge is -2.19. The molecule has 0 saturated heterocycles. The Morgan fingerprint density at radius 3 is 1.94 bits per heavy atom. The van der Waals surface area contributed by atoms with Gasteiger partial charge in [0, 0.05) is 42.2 Å². The lowest BCUT2D eigenvalue weighted by atomic mass is 9.97. The van der Waals surface area contributed by atoms with Gasteiger partial charge in [-0.3, -0.25) is 0 Å². The number of nitrogens with zero attached hydrogens (tertiary/aromatic N) is 2. The van der Waals surface area contributed by atoms with Crippen LogP contribution in [-0.4, -0.2) is 18.0 Å². The highest BCUT2D eigenvalue weighted by atomic mass is 32.1. The molecule has 7 aromatic carbocycles. The first-order valence-electron chi connectivity index (χ1n) is 17.2. The summed E-state index contributed by atoms with van der Waals surface area (Å²) in [5.74, 6) is 0.751. The number of thiophene rings is 1. The molecule has 0 radical (unpaired) electrons. The van der Waals surface area contributed by atoms with Gasteiger partial charge in [0.15, 0.2) is 5.82 Å². The van der Waals surface area contributed by atoms with Gasteiger partial charge in [0.25, 0.3) is 0 Å². The first-order valence-corrected chi connectivity index (χ1v) is 21.0. The van der Waals surface area contributed by atoms with E-state index >= 15 is 0 Å². The van der Waals surface area contributed by atoms with Gasteiger partial charge in [0.05, 0.1) is 11.2 Å². The number of fused-ring (bicyclic) bond motifs is 8. The van der Waals surface area contributed by atoms with Gasteiger partial charge in [-0.05, 0) is 68.5 Å². The van der Waals surface area contributed by atoms with Crippen molar-refractivity contribution in [2.75, 3.05) is 0 Å². The smallest absolute Gasteiger partial charge is 0.160 e. The second-order valence-corrected chi connectivity index (χ2v) is 19.2. The van der Waals surface area contributed by atoms with Crippen molar-refractivity contribution in [1.82, 2.24) is 9.97 Å². The predicted molar refractivity (Wildman–Crippen MR) is 216 cm³/mol. The van der Waals surface area contributed by atoms with Crippen molar-refractivity contribution in [1.29, 1.82) is 0 Å². The monoisotopic (exact) mass is 672 g/mol. The van der Waals surface area contributed by atoms with Crippen LogP contribution in [0.2, 0.25) is 13.1 Å². The van der Waals surface area contributed by atoms with Gasteiger partial charge in [0.2, 0.25) is 0 Å². The molecule has 10 rings (SSSR count). The first-order chi connectivity index (χ1) is 24.5. The molecule has 2 nitrogen and oxygen atoms in total. The SMILES string of the molecule is C[Si]1(C)c2ccccc2-c2c1ccc1c(-c3ccc4sc5ccccc5c4c3)nc(-c3cccc(-c4cccc(-c5ccccc5)c4)c3)nc21. The van der Waals surface area contributed by atoms with E-state index in [9.17, 15) is 0 Å². The van der Waals surface area contributed by atoms with Gasteiger partial charge in [-0.2, -0.15) is 0 Å². The average Bonchev–Trinajstić information content (AvgIpc) is 3.66. The molecular formula is C46H32N2SSi. The summed E-state index contributed by atoms with van der Waals surface area (Å²) in [4.78, 5) is 10.9. The number of rotatable bonds is 4. The summed E-state index contributed by atoms with van der Waals surface area (Å²) in [6.07, 6.45) is 0. The number of benzene rings is 7. The van der Waals surface area contributed by atoms with Crippen LogP contribution in [0.5, 0.6) is 0 Å².